The second kappa shape index (κ2) is 2.96. The van der Waals surface area contributed by atoms with Crippen molar-refractivity contribution in [3.8, 4) is 0 Å². The molecule has 0 rings (SSSR count). The molecule has 0 aliphatic carbocycles. The van der Waals surface area contributed by atoms with Crippen molar-refractivity contribution in [2.75, 3.05) is 6.61 Å². The lowest BCUT2D eigenvalue weighted by Gasteiger charge is -2.10. The predicted molar refractivity (Wildman–Crippen MR) is 28.4 cm³/mol. The normalized spacial score (nSPS) is 18.9. The molecule has 0 heterocycles. The predicted octanol–water partition coefficient (Wildman–Crippen LogP) is -1.53. The first-order valence-corrected chi connectivity index (χ1v) is 2.13. The lowest BCUT2D eigenvalue weighted by molar-refractivity contribution is 0.257. The van der Waals surface area contributed by atoms with Crippen LogP contribution in [0.15, 0.2) is 0 Å². The first-order chi connectivity index (χ1) is 3.18. The van der Waals surface area contributed by atoms with Crippen LogP contribution in [0.5, 0.6) is 0 Å². The molecular weight excluding hydrogens is 92.1 g/mol. The van der Waals surface area contributed by atoms with Gasteiger partial charge in [0.1, 0.15) is 0 Å². The summed E-state index contributed by atoms with van der Waals surface area (Å²) >= 11 is 0. The summed E-state index contributed by atoms with van der Waals surface area (Å²) in [6, 6.07) is -0.731. The van der Waals surface area contributed by atoms with E-state index in [4.69, 9.17) is 16.6 Å². The summed E-state index contributed by atoms with van der Waals surface area (Å²) in [7, 11) is 0. The monoisotopic (exact) mass is 103 g/mol. The largest absolute Gasteiger partial charge is 0.395 e. The van der Waals surface area contributed by atoms with Crippen LogP contribution in [-0.4, -0.2) is 23.8 Å². The van der Waals surface area contributed by atoms with Crippen LogP contribution in [0.4, 0.5) is 0 Å². The highest BCUT2D eigenvalue weighted by Gasteiger charge is 2.03. The van der Waals surface area contributed by atoms with Crippen molar-refractivity contribution >= 4 is 0 Å². The zero-order chi connectivity index (χ0) is 5.86. The van der Waals surface area contributed by atoms with Gasteiger partial charge in [-0.2, -0.15) is 0 Å². The lowest BCUT2D eigenvalue weighted by Crippen LogP contribution is -2.41. The smallest absolute Gasteiger partial charge is 0.0597 e. The Labute approximate surface area is 43.3 Å². The molecule has 0 saturated heterocycles. The maximum atomic E-state index is 8.26. The van der Waals surface area contributed by atoms with Gasteiger partial charge >= 0.3 is 0 Å². The minimum atomic E-state index is -0.375. The Hall–Kier alpha value is -0.120. The second-order valence-electron chi connectivity index (χ2n) is 1.51. The standard InChI is InChI=1S/C4H11N2O/c1-3(5)4(6)2-7/h3-4,7H,1-2,5-6H2. The zero-order valence-electron chi connectivity index (χ0n) is 4.17. The van der Waals surface area contributed by atoms with E-state index >= 15 is 0 Å². The van der Waals surface area contributed by atoms with Crippen LogP contribution < -0.4 is 11.5 Å². The first-order valence-electron chi connectivity index (χ1n) is 2.13. The van der Waals surface area contributed by atoms with Crippen molar-refractivity contribution in [3.63, 3.8) is 0 Å². The molecule has 0 aromatic carbocycles. The van der Waals surface area contributed by atoms with Crippen LogP contribution in [-0.2, 0) is 0 Å². The van der Waals surface area contributed by atoms with E-state index in [1.54, 1.807) is 0 Å². The van der Waals surface area contributed by atoms with Crippen molar-refractivity contribution < 1.29 is 5.11 Å². The molecule has 7 heavy (non-hydrogen) atoms. The second-order valence-corrected chi connectivity index (χ2v) is 1.51. The Morgan fingerprint density at radius 1 is 1.57 bits per heavy atom. The minimum Gasteiger partial charge on any atom is -0.395 e. The van der Waals surface area contributed by atoms with Crippen LogP contribution >= 0.6 is 0 Å². The summed E-state index contributed by atoms with van der Waals surface area (Å²) in [5.74, 6) is 0. The van der Waals surface area contributed by atoms with Gasteiger partial charge in [0.25, 0.3) is 0 Å². The molecule has 0 saturated carbocycles. The average molecular weight is 103 g/mol. The Bertz CT molecular complexity index is 47.0. The summed E-state index contributed by atoms with van der Waals surface area (Å²) in [6.07, 6.45) is 0. The molecule has 0 aliphatic rings. The third-order valence-electron chi connectivity index (χ3n) is 0.761. The molecule has 0 aromatic heterocycles. The summed E-state index contributed by atoms with van der Waals surface area (Å²) < 4.78 is 0. The van der Waals surface area contributed by atoms with Crippen molar-refractivity contribution in [2.24, 2.45) is 11.5 Å². The van der Waals surface area contributed by atoms with E-state index in [1.165, 1.54) is 0 Å². The zero-order valence-corrected chi connectivity index (χ0v) is 4.17. The lowest BCUT2D eigenvalue weighted by atomic mass is 10.2. The van der Waals surface area contributed by atoms with Gasteiger partial charge in [0.05, 0.1) is 6.61 Å². The van der Waals surface area contributed by atoms with Crippen molar-refractivity contribution in [2.45, 2.75) is 12.1 Å². The summed E-state index contributed by atoms with van der Waals surface area (Å²) in [5, 5.41) is 8.26. The van der Waals surface area contributed by atoms with E-state index in [2.05, 4.69) is 6.92 Å². The maximum Gasteiger partial charge on any atom is 0.0597 e. The van der Waals surface area contributed by atoms with Crippen molar-refractivity contribution in [3.05, 3.63) is 6.92 Å². The van der Waals surface area contributed by atoms with Crippen LogP contribution in [0.1, 0.15) is 0 Å². The molecule has 0 amide bonds. The molecular formula is C4H11N2O. The van der Waals surface area contributed by atoms with Crippen molar-refractivity contribution in [1.29, 1.82) is 0 Å². The molecule has 2 atom stereocenters. The van der Waals surface area contributed by atoms with E-state index in [0.717, 1.165) is 0 Å². The van der Waals surface area contributed by atoms with Gasteiger partial charge in [0.15, 0.2) is 0 Å². The fraction of sp³-hybridized carbons (Fsp3) is 0.750. The van der Waals surface area contributed by atoms with E-state index in [9.17, 15) is 0 Å². The number of aliphatic hydroxyl groups is 1. The van der Waals surface area contributed by atoms with Gasteiger partial charge in [-0.25, -0.2) is 0 Å². The number of aliphatic hydroxyl groups excluding tert-OH is 1. The Kier molecular flexibility index (Phi) is 2.91. The molecule has 0 bridgehead atoms. The number of nitrogens with two attached hydrogens (primary N) is 2. The molecule has 5 N–H and O–H groups in total. The first kappa shape index (κ1) is 6.88. The molecule has 0 spiro atoms. The van der Waals surface area contributed by atoms with Crippen molar-refractivity contribution in [1.82, 2.24) is 0 Å². The summed E-state index contributed by atoms with van der Waals surface area (Å²) in [4.78, 5) is 0. The molecule has 3 heteroatoms. The quantitative estimate of drug-likeness (QED) is 0.397. The molecule has 3 nitrogen and oxygen atoms in total. The minimum absolute atomic E-state index is 0.0926. The highest BCUT2D eigenvalue weighted by atomic mass is 16.3. The average Bonchev–Trinajstić information content (AvgIpc) is 1.65. The van der Waals surface area contributed by atoms with Gasteiger partial charge < -0.3 is 16.6 Å². The Morgan fingerprint density at radius 3 is 2.00 bits per heavy atom. The van der Waals surface area contributed by atoms with Crippen LogP contribution in [0.3, 0.4) is 0 Å². The SMILES string of the molecule is [CH2]C(N)C(N)CO. The molecule has 0 fully saturated rings. The topological polar surface area (TPSA) is 72.3 Å². The van der Waals surface area contributed by atoms with Gasteiger partial charge in [0, 0.05) is 12.1 Å². The van der Waals surface area contributed by atoms with E-state index < -0.39 is 0 Å². The number of hydrogen-bond acceptors (Lipinski definition) is 3. The van der Waals surface area contributed by atoms with E-state index in [0.29, 0.717) is 0 Å². The van der Waals surface area contributed by atoms with Crippen LogP contribution in [0.2, 0.25) is 0 Å². The fourth-order valence-electron chi connectivity index (χ4n) is 0.135. The Balaban J connectivity index is 3.14. The van der Waals surface area contributed by atoms with Crippen LogP contribution in [0, 0.1) is 6.92 Å². The maximum absolute atomic E-state index is 8.26. The van der Waals surface area contributed by atoms with Crippen LogP contribution in [0.25, 0.3) is 0 Å². The Morgan fingerprint density at radius 2 is 2.00 bits per heavy atom. The number of hydrogen-bond donors (Lipinski definition) is 3. The highest BCUT2D eigenvalue weighted by Crippen LogP contribution is 1.78. The molecule has 0 aliphatic heterocycles. The third kappa shape index (κ3) is 2.56. The molecule has 1 radical (unpaired) electrons. The molecule has 0 aromatic rings. The molecule has 43 valence electrons. The highest BCUT2D eigenvalue weighted by molar-refractivity contribution is 4.75. The van der Waals surface area contributed by atoms with Gasteiger partial charge in [-0.1, -0.05) is 0 Å². The summed E-state index contributed by atoms with van der Waals surface area (Å²) in [6.45, 7) is 3.31. The summed E-state index contributed by atoms with van der Waals surface area (Å²) in [5.41, 5.74) is 10.3. The number of rotatable bonds is 2. The van der Waals surface area contributed by atoms with E-state index in [1.807, 2.05) is 0 Å². The van der Waals surface area contributed by atoms with Gasteiger partial charge in [-0.15, -0.1) is 0 Å². The van der Waals surface area contributed by atoms with E-state index in [-0.39, 0.29) is 18.7 Å². The fourth-order valence-corrected chi connectivity index (χ4v) is 0.135. The van der Waals surface area contributed by atoms with Gasteiger partial charge in [-0.05, 0) is 6.92 Å². The van der Waals surface area contributed by atoms with Gasteiger partial charge in [-0.3, -0.25) is 0 Å². The third-order valence-corrected chi connectivity index (χ3v) is 0.761. The van der Waals surface area contributed by atoms with Gasteiger partial charge in [0.2, 0.25) is 0 Å². The molecule has 2 unspecified atom stereocenters.